The Morgan fingerprint density at radius 2 is 1.85 bits per heavy atom. The molecule has 0 bridgehead atoms. The molecule has 7 heteroatoms. The van der Waals surface area contributed by atoms with E-state index >= 15 is 0 Å². The van der Waals surface area contributed by atoms with E-state index in [2.05, 4.69) is 9.97 Å². The number of nitrogens with two attached hydrogens (primary N) is 1. The molecule has 0 aliphatic heterocycles. The summed E-state index contributed by atoms with van der Waals surface area (Å²) < 4.78 is 0. The second-order valence-electron chi connectivity index (χ2n) is 1.92. The fourth-order valence-electron chi connectivity index (χ4n) is 0.571. The summed E-state index contributed by atoms with van der Waals surface area (Å²) in [7, 11) is 0. The molecule has 13 heavy (non-hydrogen) atoms. The Bertz CT molecular complexity index is 265. The number of rotatable bonds is 2. The van der Waals surface area contributed by atoms with Crippen molar-refractivity contribution in [2.45, 2.75) is 6.54 Å². The Kier molecular flexibility index (Phi) is 7.40. The van der Waals surface area contributed by atoms with Gasteiger partial charge in [0.1, 0.15) is 0 Å². The maximum absolute atomic E-state index is 10.2. The number of aromatic nitrogens is 2. The molecule has 0 radical (unpaired) electrons. The maximum atomic E-state index is 10.2. The molecule has 0 atom stereocenters. The summed E-state index contributed by atoms with van der Waals surface area (Å²) in [4.78, 5) is 17.4. The summed E-state index contributed by atoms with van der Waals surface area (Å²) in [5.74, 6) is -1.34. The molecule has 0 saturated carbocycles. The van der Waals surface area contributed by atoms with Crippen LogP contribution in [0.2, 0.25) is 0 Å². The van der Waals surface area contributed by atoms with Crippen LogP contribution in [0.4, 0.5) is 0 Å². The number of hydrogen-bond donors (Lipinski definition) is 2. The van der Waals surface area contributed by atoms with Gasteiger partial charge in [-0.3, -0.25) is 0 Å². The third-order valence-electron chi connectivity index (χ3n) is 1.13. The Labute approximate surface area is 87.2 Å². The van der Waals surface area contributed by atoms with Crippen molar-refractivity contribution < 1.29 is 9.90 Å². The molecule has 0 amide bonds. The van der Waals surface area contributed by atoms with Gasteiger partial charge in [-0.1, -0.05) is 0 Å². The van der Waals surface area contributed by atoms with E-state index in [-0.39, 0.29) is 30.6 Å². The first-order valence-corrected chi connectivity index (χ1v) is 2.98. The molecule has 3 N–H and O–H groups in total. The highest BCUT2D eigenvalue weighted by molar-refractivity contribution is 5.85. The lowest BCUT2D eigenvalue weighted by Gasteiger charge is -1.94. The first kappa shape index (κ1) is 14.6. The van der Waals surface area contributed by atoms with Crippen LogP contribution < -0.4 is 5.73 Å². The lowest BCUT2D eigenvalue weighted by atomic mass is 10.3. The molecule has 0 saturated heterocycles. The van der Waals surface area contributed by atoms with E-state index in [1.54, 1.807) is 0 Å². The van der Waals surface area contributed by atoms with Gasteiger partial charge in [0, 0.05) is 24.5 Å². The first-order valence-electron chi connectivity index (χ1n) is 2.98. The zero-order valence-electron chi connectivity index (χ0n) is 6.51. The van der Waals surface area contributed by atoms with Crippen LogP contribution in [0.1, 0.15) is 16.2 Å². The minimum Gasteiger partial charge on any atom is -0.475 e. The van der Waals surface area contributed by atoms with E-state index in [4.69, 9.17) is 10.8 Å². The number of carboxylic acids is 1. The van der Waals surface area contributed by atoms with Crippen molar-refractivity contribution in [2.24, 2.45) is 5.73 Å². The SMILES string of the molecule is Cl.Cl.NCc1cnc(C(=O)O)nc1. The standard InChI is InChI=1S/C6H7N3O2.2ClH/c7-1-4-2-8-5(6(10)11)9-3-4;;/h2-3H,1,7H2,(H,10,11);2*1H. The summed E-state index contributed by atoms with van der Waals surface area (Å²) in [5.41, 5.74) is 5.97. The van der Waals surface area contributed by atoms with Gasteiger partial charge in [-0.25, -0.2) is 14.8 Å². The molecular formula is C6H9Cl2N3O2. The van der Waals surface area contributed by atoms with Crippen molar-refractivity contribution in [3.8, 4) is 0 Å². The molecule has 74 valence electrons. The van der Waals surface area contributed by atoms with Crippen molar-refractivity contribution in [3.63, 3.8) is 0 Å². The van der Waals surface area contributed by atoms with Crippen LogP contribution in [0.25, 0.3) is 0 Å². The number of carboxylic acid groups (broad SMARTS) is 1. The van der Waals surface area contributed by atoms with Crippen LogP contribution in [-0.4, -0.2) is 21.0 Å². The molecule has 0 fully saturated rings. The van der Waals surface area contributed by atoms with Crippen LogP contribution in [0.3, 0.4) is 0 Å². The maximum Gasteiger partial charge on any atom is 0.373 e. The normalized spacial score (nSPS) is 8.08. The van der Waals surface area contributed by atoms with Gasteiger partial charge in [-0.05, 0) is 0 Å². The zero-order chi connectivity index (χ0) is 8.27. The average molecular weight is 226 g/mol. The van der Waals surface area contributed by atoms with Gasteiger partial charge < -0.3 is 10.8 Å². The summed E-state index contributed by atoms with van der Waals surface area (Å²) >= 11 is 0. The lowest BCUT2D eigenvalue weighted by Crippen LogP contribution is -2.05. The highest BCUT2D eigenvalue weighted by Gasteiger charge is 2.03. The molecular weight excluding hydrogens is 217 g/mol. The van der Waals surface area contributed by atoms with Crippen molar-refractivity contribution in [3.05, 3.63) is 23.8 Å². The van der Waals surface area contributed by atoms with Crippen LogP contribution in [0, 0.1) is 0 Å². The fourth-order valence-corrected chi connectivity index (χ4v) is 0.571. The topological polar surface area (TPSA) is 89.1 Å². The Morgan fingerprint density at radius 3 is 2.15 bits per heavy atom. The molecule has 1 heterocycles. The molecule has 1 rings (SSSR count). The fraction of sp³-hybridized carbons (Fsp3) is 0.167. The van der Waals surface area contributed by atoms with Gasteiger partial charge >= 0.3 is 5.97 Å². The largest absolute Gasteiger partial charge is 0.475 e. The van der Waals surface area contributed by atoms with E-state index in [1.165, 1.54) is 12.4 Å². The van der Waals surface area contributed by atoms with Crippen molar-refractivity contribution in [1.82, 2.24) is 9.97 Å². The van der Waals surface area contributed by atoms with E-state index in [0.29, 0.717) is 6.54 Å². The number of hydrogen-bond acceptors (Lipinski definition) is 4. The minimum atomic E-state index is -1.13. The number of aromatic carboxylic acids is 1. The molecule has 0 aromatic carbocycles. The van der Waals surface area contributed by atoms with Gasteiger partial charge in [0.15, 0.2) is 0 Å². The van der Waals surface area contributed by atoms with Gasteiger partial charge in [-0.2, -0.15) is 0 Å². The predicted octanol–water partition coefficient (Wildman–Crippen LogP) is 0.477. The molecule has 0 unspecified atom stereocenters. The first-order chi connectivity index (χ1) is 5.24. The Morgan fingerprint density at radius 1 is 1.38 bits per heavy atom. The molecule has 0 aliphatic carbocycles. The smallest absolute Gasteiger partial charge is 0.373 e. The number of carbonyl (C=O) groups is 1. The second kappa shape index (κ2) is 6.59. The van der Waals surface area contributed by atoms with E-state index < -0.39 is 5.97 Å². The predicted molar refractivity (Wildman–Crippen MR) is 51.4 cm³/mol. The molecule has 0 spiro atoms. The number of nitrogens with zero attached hydrogens (tertiary/aromatic N) is 2. The third kappa shape index (κ3) is 4.02. The minimum absolute atomic E-state index is 0. The Balaban J connectivity index is 0. The highest BCUT2D eigenvalue weighted by atomic mass is 35.5. The van der Waals surface area contributed by atoms with Crippen molar-refractivity contribution in [2.75, 3.05) is 0 Å². The monoisotopic (exact) mass is 225 g/mol. The molecule has 1 aromatic rings. The van der Waals surface area contributed by atoms with Crippen molar-refractivity contribution in [1.29, 1.82) is 0 Å². The van der Waals surface area contributed by atoms with Crippen LogP contribution in [-0.2, 0) is 6.54 Å². The second-order valence-corrected chi connectivity index (χ2v) is 1.92. The quantitative estimate of drug-likeness (QED) is 0.765. The van der Waals surface area contributed by atoms with Gasteiger partial charge in [0.2, 0.25) is 5.82 Å². The highest BCUT2D eigenvalue weighted by Crippen LogP contribution is 1.93. The van der Waals surface area contributed by atoms with E-state index in [1.807, 2.05) is 0 Å². The number of halogens is 2. The Hall–Kier alpha value is -0.910. The van der Waals surface area contributed by atoms with E-state index in [9.17, 15) is 4.79 Å². The van der Waals surface area contributed by atoms with Gasteiger partial charge in [0.25, 0.3) is 0 Å². The lowest BCUT2D eigenvalue weighted by molar-refractivity contribution is 0.0683. The van der Waals surface area contributed by atoms with Gasteiger partial charge in [-0.15, -0.1) is 24.8 Å². The summed E-state index contributed by atoms with van der Waals surface area (Å²) in [6.45, 7) is 0.319. The molecule has 0 aliphatic rings. The van der Waals surface area contributed by atoms with E-state index in [0.717, 1.165) is 5.56 Å². The summed E-state index contributed by atoms with van der Waals surface area (Å²) in [5, 5.41) is 8.39. The summed E-state index contributed by atoms with van der Waals surface area (Å²) in [6.07, 6.45) is 2.80. The molecule has 5 nitrogen and oxygen atoms in total. The van der Waals surface area contributed by atoms with Crippen LogP contribution in [0.15, 0.2) is 12.4 Å². The average Bonchev–Trinajstić information content (AvgIpc) is 2.05. The summed E-state index contributed by atoms with van der Waals surface area (Å²) in [6, 6.07) is 0. The van der Waals surface area contributed by atoms with Crippen LogP contribution >= 0.6 is 24.8 Å². The van der Waals surface area contributed by atoms with Crippen molar-refractivity contribution >= 4 is 30.8 Å². The third-order valence-corrected chi connectivity index (χ3v) is 1.13. The zero-order valence-corrected chi connectivity index (χ0v) is 8.14. The molecule has 1 aromatic heterocycles. The van der Waals surface area contributed by atoms with Gasteiger partial charge in [0.05, 0.1) is 0 Å². The van der Waals surface area contributed by atoms with Crippen LogP contribution in [0.5, 0.6) is 0 Å².